The third-order valence-corrected chi connectivity index (χ3v) is 8.49. The van der Waals surface area contributed by atoms with E-state index in [0.717, 1.165) is 17.5 Å². The molecular weight excluding hydrogens is 426 g/mol. The van der Waals surface area contributed by atoms with Gasteiger partial charge in [-0.15, -0.1) is 6.58 Å². The highest BCUT2D eigenvalue weighted by molar-refractivity contribution is 7.90. The SMILES string of the molecule is C=CCCCNS(=O)(=O)C1CCc2ccccc2C12CNc1cc(C(N)=O)ccc1OC2. The monoisotopic (exact) mass is 455 g/mol. The fourth-order valence-corrected chi connectivity index (χ4v) is 6.74. The second-order valence-corrected chi connectivity index (χ2v) is 10.4. The quantitative estimate of drug-likeness (QED) is 0.439. The van der Waals surface area contributed by atoms with Crippen molar-refractivity contribution < 1.29 is 17.9 Å². The van der Waals surface area contributed by atoms with Crippen LogP contribution in [0.5, 0.6) is 5.75 Å². The van der Waals surface area contributed by atoms with Gasteiger partial charge in [0.15, 0.2) is 0 Å². The summed E-state index contributed by atoms with van der Waals surface area (Å²) < 4.78 is 36.0. The molecule has 1 aliphatic carbocycles. The van der Waals surface area contributed by atoms with Crippen molar-refractivity contribution in [1.82, 2.24) is 4.72 Å². The van der Waals surface area contributed by atoms with Gasteiger partial charge in [-0.25, -0.2) is 13.1 Å². The number of rotatable bonds is 7. The van der Waals surface area contributed by atoms with Crippen LogP contribution in [-0.4, -0.2) is 39.3 Å². The van der Waals surface area contributed by atoms with Crippen molar-refractivity contribution in [3.8, 4) is 5.75 Å². The van der Waals surface area contributed by atoms with Gasteiger partial charge >= 0.3 is 0 Å². The predicted octanol–water partition coefficient (Wildman–Crippen LogP) is 2.73. The molecule has 0 aromatic heterocycles. The Balaban J connectivity index is 1.71. The maximum absolute atomic E-state index is 13.5. The van der Waals surface area contributed by atoms with Crippen molar-refractivity contribution in [2.45, 2.75) is 36.3 Å². The smallest absolute Gasteiger partial charge is 0.248 e. The van der Waals surface area contributed by atoms with Crippen LogP contribution >= 0.6 is 0 Å². The molecule has 0 bridgehead atoms. The van der Waals surface area contributed by atoms with Crippen LogP contribution in [0, 0.1) is 0 Å². The van der Waals surface area contributed by atoms with Gasteiger partial charge in [0.1, 0.15) is 12.4 Å². The highest BCUT2D eigenvalue weighted by atomic mass is 32.2. The highest BCUT2D eigenvalue weighted by Crippen LogP contribution is 2.44. The van der Waals surface area contributed by atoms with E-state index >= 15 is 0 Å². The summed E-state index contributed by atoms with van der Waals surface area (Å²) in [6.07, 6.45) is 4.43. The average Bonchev–Trinajstić information content (AvgIpc) is 2.97. The number of carbonyl (C=O) groups is 1. The van der Waals surface area contributed by atoms with E-state index in [-0.39, 0.29) is 6.61 Å². The second kappa shape index (κ2) is 8.96. The molecule has 1 amide bonds. The number of nitrogens with one attached hydrogen (secondary N) is 2. The van der Waals surface area contributed by atoms with Gasteiger partial charge in [0.05, 0.1) is 16.4 Å². The Labute approximate surface area is 189 Å². The zero-order chi connectivity index (χ0) is 22.8. The molecule has 1 heterocycles. The first-order valence-electron chi connectivity index (χ1n) is 10.9. The molecule has 2 aliphatic rings. The summed E-state index contributed by atoms with van der Waals surface area (Å²) in [5.74, 6) is 0.0470. The van der Waals surface area contributed by atoms with Crippen LogP contribution in [0.2, 0.25) is 0 Å². The minimum Gasteiger partial charge on any atom is -0.490 e. The van der Waals surface area contributed by atoms with Crippen LogP contribution in [0.4, 0.5) is 5.69 Å². The third kappa shape index (κ3) is 4.12. The van der Waals surface area contributed by atoms with Crippen molar-refractivity contribution >= 4 is 21.6 Å². The zero-order valence-electron chi connectivity index (χ0n) is 18.0. The van der Waals surface area contributed by atoms with Crippen LogP contribution in [0.1, 0.15) is 40.7 Å². The van der Waals surface area contributed by atoms with E-state index in [2.05, 4.69) is 22.7 Å². The van der Waals surface area contributed by atoms with E-state index in [0.29, 0.717) is 49.4 Å². The number of aryl methyl sites for hydroxylation is 1. The Morgan fingerprint density at radius 2 is 2.12 bits per heavy atom. The normalized spacial score (nSPS) is 22.1. The zero-order valence-corrected chi connectivity index (χ0v) is 18.8. The molecule has 0 saturated carbocycles. The van der Waals surface area contributed by atoms with Crippen LogP contribution in [0.15, 0.2) is 55.1 Å². The minimum absolute atomic E-state index is 0.207. The van der Waals surface area contributed by atoms with E-state index in [1.54, 1.807) is 24.3 Å². The van der Waals surface area contributed by atoms with E-state index in [1.807, 2.05) is 18.2 Å². The van der Waals surface area contributed by atoms with Gasteiger partial charge < -0.3 is 15.8 Å². The van der Waals surface area contributed by atoms with Crippen molar-refractivity contribution in [2.24, 2.45) is 5.73 Å². The average molecular weight is 456 g/mol. The minimum atomic E-state index is -3.62. The van der Waals surface area contributed by atoms with E-state index in [4.69, 9.17) is 10.5 Å². The van der Waals surface area contributed by atoms with Gasteiger partial charge in [-0.05, 0) is 55.0 Å². The number of unbranched alkanes of at least 4 members (excludes halogenated alkanes) is 1. The summed E-state index contributed by atoms with van der Waals surface area (Å²) in [7, 11) is -3.62. The number of allylic oxidation sites excluding steroid dienone is 1. The number of fused-ring (bicyclic) bond motifs is 3. The number of sulfonamides is 1. The number of amides is 1. The van der Waals surface area contributed by atoms with Crippen molar-refractivity contribution in [3.05, 3.63) is 71.8 Å². The highest BCUT2D eigenvalue weighted by Gasteiger charge is 2.51. The number of hydrogen-bond donors (Lipinski definition) is 3. The molecule has 1 aliphatic heterocycles. The van der Waals surface area contributed by atoms with E-state index in [1.165, 1.54) is 0 Å². The van der Waals surface area contributed by atoms with E-state index < -0.39 is 26.6 Å². The fraction of sp³-hybridized carbons (Fsp3) is 0.375. The molecule has 4 rings (SSSR count). The summed E-state index contributed by atoms with van der Waals surface area (Å²) in [4.78, 5) is 11.6. The Bertz CT molecular complexity index is 1130. The standard InChI is InChI=1S/C24H29N3O4S/c1-2-3-6-13-27-32(29,30)22-12-10-17-7-4-5-8-19(17)24(22)15-26-20-14-18(23(25)28)9-11-21(20)31-16-24/h2,4-5,7-9,11,14,22,26-27H,1,3,6,10,12-13,15-16H2,(H2,25,28). The summed E-state index contributed by atoms with van der Waals surface area (Å²) in [5.41, 5.74) is 7.78. The van der Waals surface area contributed by atoms with Gasteiger partial charge in [0.2, 0.25) is 15.9 Å². The molecule has 32 heavy (non-hydrogen) atoms. The third-order valence-electron chi connectivity index (χ3n) is 6.45. The van der Waals surface area contributed by atoms with Gasteiger partial charge in [-0.1, -0.05) is 30.3 Å². The molecule has 1 spiro atoms. The molecule has 4 N–H and O–H groups in total. The molecule has 2 aromatic rings. The number of ether oxygens (including phenoxy) is 1. The summed E-state index contributed by atoms with van der Waals surface area (Å²) >= 11 is 0. The Kier molecular flexibility index (Phi) is 6.26. The first kappa shape index (κ1) is 22.4. The largest absolute Gasteiger partial charge is 0.490 e. The lowest BCUT2D eigenvalue weighted by Crippen LogP contribution is -2.57. The van der Waals surface area contributed by atoms with E-state index in [9.17, 15) is 13.2 Å². The first-order chi connectivity index (χ1) is 15.4. The molecule has 7 nitrogen and oxygen atoms in total. The number of anilines is 1. The summed E-state index contributed by atoms with van der Waals surface area (Å²) in [6, 6.07) is 13.0. The number of benzene rings is 2. The lowest BCUT2D eigenvalue weighted by Gasteiger charge is -2.43. The lowest BCUT2D eigenvalue weighted by molar-refractivity contribution is 0.1000. The van der Waals surface area contributed by atoms with Crippen LogP contribution in [-0.2, 0) is 21.9 Å². The van der Waals surface area contributed by atoms with Gasteiger partial charge in [-0.3, -0.25) is 4.79 Å². The molecule has 2 atom stereocenters. The number of nitrogens with two attached hydrogens (primary N) is 1. The number of carbonyl (C=O) groups excluding carboxylic acids is 1. The summed E-state index contributed by atoms with van der Waals surface area (Å²) in [6.45, 7) is 4.63. The Morgan fingerprint density at radius 3 is 2.91 bits per heavy atom. The molecule has 2 aromatic carbocycles. The topological polar surface area (TPSA) is 111 Å². The van der Waals surface area contributed by atoms with Crippen molar-refractivity contribution in [1.29, 1.82) is 0 Å². The molecule has 2 unspecified atom stereocenters. The van der Waals surface area contributed by atoms with Gasteiger partial charge in [0, 0.05) is 18.7 Å². The van der Waals surface area contributed by atoms with Gasteiger partial charge in [-0.2, -0.15) is 0 Å². The molecule has 0 fully saturated rings. The van der Waals surface area contributed by atoms with Crippen molar-refractivity contribution in [2.75, 3.05) is 25.0 Å². The van der Waals surface area contributed by atoms with Crippen LogP contribution in [0.25, 0.3) is 0 Å². The summed E-state index contributed by atoms with van der Waals surface area (Å²) in [5, 5.41) is 2.70. The predicted molar refractivity (Wildman–Crippen MR) is 126 cm³/mol. The molecular formula is C24H29N3O4S. The Morgan fingerprint density at radius 1 is 1.31 bits per heavy atom. The molecule has 8 heteroatoms. The number of primary amides is 1. The molecule has 0 saturated heterocycles. The van der Waals surface area contributed by atoms with Crippen LogP contribution in [0.3, 0.4) is 0 Å². The maximum Gasteiger partial charge on any atom is 0.248 e. The fourth-order valence-electron chi connectivity index (χ4n) is 4.81. The lowest BCUT2D eigenvalue weighted by atomic mass is 9.70. The van der Waals surface area contributed by atoms with Crippen molar-refractivity contribution in [3.63, 3.8) is 0 Å². The maximum atomic E-state index is 13.5. The molecule has 170 valence electrons. The van der Waals surface area contributed by atoms with Gasteiger partial charge in [0.25, 0.3) is 0 Å². The first-order valence-corrected chi connectivity index (χ1v) is 12.4. The number of hydrogen-bond acceptors (Lipinski definition) is 5. The Hall–Kier alpha value is -2.84. The van der Waals surface area contributed by atoms with Crippen LogP contribution < -0.4 is 20.5 Å². The molecule has 0 radical (unpaired) electrons. The second-order valence-electron chi connectivity index (χ2n) is 8.43.